The number of aromatic nitrogens is 1. The molecule has 0 unspecified atom stereocenters. The average molecular weight is 381 g/mol. The lowest BCUT2D eigenvalue weighted by Gasteiger charge is -2.26. The summed E-state index contributed by atoms with van der Waals surface area (Å²) in [6.45, 7) is 3.72. The van der Waals surface area contributed by atoms with Crippen LogP contribution in [0.15, 0.2) is 41.3 Å². The molecule has 0 radical (unpaired) electrons. The summed E-state index contributed by atoms with van der Waals surface area (Å²) in [6, 6.07) is 9.90. The van der Waals surface area contributed by atoms with Crippen LogP contribution in [-0.2, 0) is 21.1 Å². The molecule has 0 aliphatic rings. The summed E-state index contributed by atoms with van der Waals surface area (Å²) in [7, 11) is -1.50. The van der Waals surface area contributed by atoms with Gasteiger partial charge in [0.25, 0.3) is 0 Å². The van der Waals surface area contributed by atoms with E-state index >= 15 is 0 Å². The Morgan fingerprint density at radius 2 is 1.80 bits per heavy atom. The maximum Gasteiger partial charge on any atom is 0.227 e. The van der Waals surface area contributed by atoms with Crippen molar-refractivity contribution in [1.82, 2.24) is 9.88 Å². The van der Waals surface area contributed by atoms with Crippen LogP contribution in [0.25, 0.3) is 0 Å². The highest BCUT2D eigenvalue weighted by Crippen LogP contribution is 2.22. The van der Waals surface area contributed by atoms with Gasteiger partial charge in [-0.2, -0.15) is 0 Å². The predicted molar refractivity (Wildman–Crippen MR) is 98.4 cm³/mol. The SMILES string of the molecule is Cc1nc(Cl)ccc1CC(=O)N(C)[C@@H](C)c1ccc(S(C)(=O)=O)cc1. The number of aryl methyl sites for hydroxylation is 1. The van der Waals surface area contributed by atoms with Gasteiger partial charge in [-0.15, -0.1) is 0 Å². The Morgan fingerprint density at radius 1 is 1.20 bits per heavy atom. The van der Waals surface area contributed by atoms with E-state index in [1.807, 2.05) is 19.9 Å². The van der Waals surface area contributed by atoms with E-state index in [4.69, 9.17) is 11.6 Å². The first-order valence-electron chi connectivity index (χ1n) is 7.77. The smallest absolute Gasteiger partial charge is 0.227 e. The van der Waals surface area contributed by atoms with Gasteiger partial charge in [-0.1, -0.05) is 29.8 Å². The van der Waals surface area contributed by atoms with Crippen molar-refractivity contribution < 1.29 is 13.2 Å². The van der Waals surface area contributed by atoms with Gasteiger partial charge in [0.15, 0.2) is 9.84 Å². The first-order chi connectivity index (χ1) is 11.6. The minimum atomic E-state index is -3.23. The van der Waals surface area contributed by atoms with Crippen molar-refractivity contribution >= 4 is 27.3 Å². The number of likely N-dealkylation sites (N-methyl/N-ethyl adjacent to an activating group) is 1. The quantitative estimate of drug-likeness (QED) is 0.747. The zero-order valence-electron chi connectivity index (χ0n) is 14.7. The predicted octanol–water partition coefficient (Wildman–Crippen LogP) is 3.21. The van der Waals surface area contributed by atoms with Gasteiger partial charge in [-0.05, 0) is 43.2 Å². The van der Waals surface area contributed by atoms with Crippen LogP contribution in [0.3, 0.4) is 0 Å². The summed E-state index contributed by atoms with van der Waals surface area (Å²) < 4.78 is 23.1. The number of carbonyl (C=O) groups excluding carboxylic acids is 1. The molecule has 2 aromatic rings. The molecule has 0 aliphatic carbocycles. The molecule has 1 aromatic heterocycles. The van der Waals surface area contributed by atoms with E-state index in [9.17, 15) is 13.2 Å². The van der Waals surface area contributed by atoms with E-state index < -0.39 is 9.84 Å². The minimum Gasteiger partial charge on any atom is -0.339 e. The Bertz CT molecular complexity index is 880. The highest BCUT2D eigenvalue weighted by Gasteiger charge is 2.19. The molecule has 1 amide bonds. The highest BCUT2D eigenvalue weighted by atomic mass is 35.5. The van der Waals surface area contributed by atoms with Gasteiger partial charge in [-0.3, -0.25) is 4.79 Å². The lowest BCUT2D eigenvalue weighted by Crippen LogP contribution is -2.31. The number of halogens is 1. The molecule has 2 rings (SSSR count). The normalized spacial score (nSPS) is 12.7. The number of rotatable bonds is 5. The van der Waals surface area contributed by atoms with Gasteiger partial charge < -0.3 is 4.90 Å². The van der Waals surface area contributed by atoms with Crippen molar-refractivity contribution in [2.75, 3.05) is 13.3 Å². The van der Waals surface area contributed by atoms with Gasteiger partial charge in [0.2, 0.25) is 5.91 Å². The summed E-state index contributed by atoms with van der Waals surface area (Å²) in [5.74, 6) is -0.0492. The molecular weight excluding hydrogens is 360 g/mol. The summed E-state index contributed by atoms with van der Waals surface area (Å²) in [6.07, 6.45) is 1.40. The van der Waals surface area contributed by atoms with E-state index in [0.717, 1.165) is 16.8 Å². The van der Waals surface area contributed by atoms with Crippen molar-refractivity contribution in [3.05, 3.63) is 58.4 Å². The fourth-order valence-corrected chi connectivity index (χ4v) is 3.29. The number of amides is 1. The number of carbonyl (C=O) groups is 1. The van der Waals surface area contributed by atoms with Crippen LogP contribution in [0.4, 0.5) is 0 Å². The van der Waals surface area contributed by atoms with E-state index in [1.54, 1.807) is 42.3 Å². The first kappa shape index (κ1) is 19.4. The molecular formula is C18H21ClN2O3S. The first-order valence-corrected chi connectivity index (χ1v) is 10.0. The summed E-state index contributed by atoms with van der Waals surface area (Å²) in [5.41, 5.74) is 2.44. The molecule has 7 heteroatoms. The number of pyridine rings is 1. The standard InChI is InChI=1S/C18H21ClN2O3S/c1-12-15(7-10-17(19)20-12)11-18(22)21(3)13(2)14-5-8-16(9-6-14)25(4,23)24/h5-10,13H,11H2,1-4H3/t13-/m0/s1. The Morgan fingerprint density at radius 3 is 2.32 bits per heavy atom. The topological polar surface area (TPSA) is 67.3 Å². The number of nitrogens with zero attached hydrogens (tertiary/aromatic N) is 2. The van der Waals surface area contributed by atoms with E-state index in [-0.39, 0.29) is 23.3 Å². The third-order valence-electron chi connectivity index (χ3n) is 4.27. The van der Waals surface area contributed by atoms with Gasteiger partial charge >= 0.3 is 0 Å². The maximum atomic E-state index is 12.6. The van der Waals surface area contributed by atoms with Crippen LogP contribution in [0, 0.1) is 6.92 Å². The Balaban J connectivity index is 2.13. The second kappa shape index (κ2) is 7.54. The molecule has 0 aliphatic heterocycles. The Hall–Kier alpha value is -1.92. The molecule has 1 atom stereocenters. The summed E-state index contributed by atoms with van der Waals surface area (Å²) in [4.78, 5) is 18.6. The van der Waals surface area contributed by atoms with Gasteiger partial charge in [0.1, 0.15) is 5.15 Å². The third kappa shape index (κ3) is 4.80. The van der Waals surface area contributed by atoms with Crippen LogP contribution in [0.5, 0.6) is 0 Å². The fraction of sp³-hybridized carbons (Fsp3) is 0.333. The molecule has 0 spiro atoms. The van der Waals surface area contributed by atoms with Crippen LogP contribution in [-0.4, -0.2) is 37.5 Å². The largest absolute Gasteiger partial charge is 0.339 e. The minimum absolute atomic E-state index is 0.0492. The van der Waals surface area contributed by atoms with Crippen LogP contribution in [0.1, 0.15) is 29.8 Å². The molecule has 0 N–H and O–H groups in total. The second-order valence-electron chi connectivity index (χ2n) is 6.08. The Kier molecular flexibility index (Phi) is 5.85. The Labute approximate surface area is 153 Å². The zero-order valence-corrected chi connectivity index (χ0v) is 16.2. The monoisotopic (exact) mass is 380 g/mol. The average Bonchev–Trinajstić information content (AvgIpc) is 2.55. The molecule has 1 heterocycles. The number of hydrogen-bond acceptors (Lipinski definition) is 4. The van der Waals surface area contributed by atoms with Crippen LogP contribution < -0.4 is 0 Å². The van der Waals surface area contributed by atoms with Crippen molar-refractivity contribution in [3.63, 3.8) is 0 Å². The van der Waals surface area contributed by atoms with Crippen molar-refractivity contribution in [1.29, 1.82) is 0 Å². The fourth-order valence-electron chi connectivity index (χ4n) is 2.47. The van der Waals surface area contributed by atoms with E-state index in [2.05, 4.69) is 4.98 Å². The molecule has 0 bridgehead atoms. The van der Waals surface area contributed by atoms with E-state index in [0.29, 0.717) is 5.15 Å². The van der Waals surface area contributed by atoms with Crippen molar-refractivity contribution in [2.24, 2.45) is 0 Å². The van der Waals surface area contributed by atoms with Gasteiger partial charge in [0, 0.05) is 19.0 Å². The number of sulfone groups is 1. The molecule has 0 saturated heterocycles. The molecule has 5 nitrogen and oxygen atoms in total. The van der Waals surface area contributed by atoms with Crippen LogP contribution >= 0.6 is 11.6 Å². The van der Waals surface area contributed by atoms with Crippen molar-refractivity contribution in [2.45, 2.75) is 31.2 Å². The lowest BCUT2D eigenvalue weighted by molar-refractivity contribution is -0.131. The zero-order chi connectivity index (χ0) is 18.8. The second-order valence-corrected chi connectivity index (χ2v) is 8.48. The highest BCUT2D eigenvalue weighted by molar-refractivity contribution is 7.90. The maximum absolute atomic E-state index is 12.6. The molecule has 25 heavy (non-hydrogen) atoms. The number of benzene rings is 1. The van der Waals surface area contributed by atoms with Gasteiger partial charge in [0.05, 0.1) is 17.4 Å². The third-order valence-corrected chi connectivity index (χ3v) is 5.61. The van der Waals surface area contributed by atoms with Gasteiger partial charge in [-0.25, -0.2) is 13.4 Å². The molecule has 0 fully saturated rings. The molecule has 1 aromatic carbocycles. The number of hydrogen-bond donors (Lipinski definition) is 0. The molecule has 134 valence electrons. The lowest BCUT2D eigenvalue weighted by atomic mass is 10.1. The molecule has 0 saturated carbocycles. The van der Waals surface area contributed by atoms with E-state index in [1.165, 1.54) is 6.26 Å². The summed E-state index contributed by atoms with van der Waals surface area (Å²) >= 11 is 5.84. The summed E-state index contributed by atoms with van der Waals surface area (Å²) in [5, 5.41) is 0.404. The van der Waals surface area contributed by atoms with Crippen LogP contribution in [0.2, 0.25) is 5.15 Å². The van der Waals surface area contributed by atoms with Crippen molar-refractivity contribution in [3.8, 4) is 0 Å².